The van der Waals surface area contributed by atoms with Gasteiger partial charge >= 0.3 is 0 Å². The molecule has 0 N–H and O–H groups in total. The van der Waals surface area contributed by atoms with Crippen LogP contribution in [0.25, 0.3) is 0 Å². The minimum atomic E-state index is -0.00463. The lowest BCUT2D eigenvalue weighted by atomic mass is 10.6. The van der Waals surface area contributed by atoms with Gasteiger partial charge in [-0.25, -0.2) is 4.90 Å². The Kier molecular flexibility index (Phi) is 1.60. The zero-order valence-corrected chi connectivity index (χ0v) is 4.96. The number of nitrogens with zero attached hydrogens (tertiary/aromatic N) is 2. The molecule has 3 nitrogen and oxygen atoms in total. The number of methoxy groups -OCH3 is 1. The Morgan fingerprint density at radius 1 is 1.88 bits per heavy atom. The molecule has 0 bridgehead atoms. The highest BCUT2D eigenvalue weighted by Crippen LogP contribution is 2.04. The van der Waals surface area contributed by atoms with Crippen LogP contribution in [-0.4, -0.2) is 31.5 Å². The Bertz CT molecular complexity index is 103. The SMILES string of the molecule is COC1C=N[C]N1C. The van der Waals surface area contributed by atoms with Crippen molar-refractivity contribution in [2.45, 2.75) is 6.23 Å². The Morgan fingerprint density at radius 3 is 2.88 bits per heavy atom. The first-order valence-corrected chi connectivity index (χ1v) is 2.39. The van der Waals surface area contributed by atoms with Crippen LogP contribution in [0.3, 0.4) is 0 Å². The van der Waals surface area contributed by atoms with Crippen molar-refractivity contribution in [3.8, 4) is 0 Å². The van der Waals surface area contributed by atoms with E-state index in [9.17, 15) is 0 Å². The molecule has 0 aromatic rings. The van der Waals surface area contributed by atoms with E-state index in [-0.39, 0.29) is 6.23 Å². The van der Waals surface area contributed by atoms with E-state index in [0.717, 1.165) is 0 Å². The van der Waals surface area contributed by atoms with E-state index in [4.69, 9.17) is 4.74 Å². The fraction of sp³-hybridized carbons (Fsp3) is 0.600. The molecule has 0 spiro atoms. The Hall–Kier alpha value is -0.410. The van der Waals surface area contributed by atoms with Gasteiger partial charge in [0.05, 0.1) is 0 Å². The van der Waals surface area contributed by atoms with Crippen molar-refractivity contribution in [2.24, 2.45) is 4.99 Å². The average molecular weight is 112 g/mol. The zero-order chi connectivity index (χ0) is 5.98. The van der Waals surface area contributed by atoms with Crippen LogP contribution in [-0.2, 0) is 4.74 Å². The van der Waals surface area contributed by atoms with E-state index in [2.05, 4.69) is 11.7 Å². The summed E-state index contributed by atoms with van der Waals surface area (Å²) in [7, 11) is 3.50. The molecular weight excluding hydrogens is 104 g/mol. The normalized spacial score (nSPS) is 29.5. The van der Waals surface area contributed by atoms with Gasteiger partial charge in [0.25, 0.3) is 0 Å². The summed E-state index contributed by atoms with van der Waals surface area (Å²) >= 11 is 0. The quantitative estimate of drug-likeness (QED) is 0.476. The number of ether oxygens (including phenoxy) is 1. The smallest absolute Gasteiger partial charge is 0.200 e. The van der Waals surface area contributed by atoms with E-state index in [1.54, 1.807) is 18.2 Å². The van der Waals surface area contributed by atoms with Crippen molar-refractivity contribution >= 4 is 6.21 Å². The van der Waals surface area contributed by atoms with Crippen LogP contribution in [0.5, 0.6) is 0 Å². The fourth-order valence-electron chi connectivity index (χ4n) is 0.564. The first-order chi connectivity index (χ1) is 3.84. The van der Waals surface area contributed by atoms with Gasteiger partial charge in [0, 0.05) is 13.3 Å². The largest absolute Gasteiger partial charge is 0.361 e. The Balaban J connectivity index is 2.41. The van der Waals surface area contributed by atoms with Crippen LogP contribution in [0.15, 0.2) is 4.99 Å². The van der Waals surface area contributed by atoms with Gasteiger partial charge in [-0.2, -0.15) is 0 Å². The highest BCUT2D eigenvalue weighted by Gasteiger charge is 2.15. The predicted molar refractivity (Wildman–Crippen MR) is 30.3 cm³/mol. The third-order valence-electron chi connectivity index (χ3n) is 1.04. The number of hydrogen-bond acceptors (Lipinski definition) is 3. The highest BCUT2D eigenvalue weighted by molar-refractivity contribution is 5.65. The van der Waals surface area contributed by atoms with Crippen LogP contribution in [0, 0.1) is 6.67 Å². The van der Waals surface area contributed by atoms with Gasteiger partial charge < -0.3 is 4.74 Å². The summed E-state index contributed by atoms with van der Waals surface area (Å²) in [4.78, 5) is 5.51. The number of rotatable bonds is 1. The van der Waals surface area contributed by atoms with Crippen LogP contribution in [0.4, 0.5) is 0 Å². The molecule has 44 valence electrons. The molecular formula is C5H8N2O. The van der Waals surface area contributed by atoms with Gasteiger partial charge in [0.15, 0.2) is 0 Å². The Morgan fingerprint density at radius 2 is 2.62 bits per heavy atom. The summed E-state index contributed by atoms with van der Waals surface area (Å²) in [6, 6.07) is 0. The Labute approximate surface area is 49.0 Å². The minimum Gasteiger partial charge on any atom is -0.361 e. The minimum absolute atomic E-state index is 0.00463. The summed E-state index contributed by atoms with van der Waals surface area (Å²) in [6.45, 7) is 2.70. The average Bonchev–Trinajstić information content (AvgIpc) is 2.14. The van der Waals surface area contributed by atoms with E-state index in [1.807, 2.05) is 7.05 Å². The molecule has 3 heteroatoms. The van der Waals surface area contributed by atoms with Gasteiger partial charge in [-0.3, -0.25) is 4.99 Å². The molecule has 0 saturated carbocycles. The molecule has 0 aromatic heterocycles. The van der Waals surface area contributed by atoms with Crippen LogP contribution < -0.4 is 0 Å². The molecule has 1 unspecified atom stereocenters. The summed E-state index contributed by atoms with van der Waals surface area (Å²) in [5.41, 5.74) is 0. The summed E-state index contributed by atoms with van der Waals surface area (Å²) in [5, 5.41) is 0. The van der Waals surface area contributed by atoms with Gasteiger partial charge in [-0.05, 0) is 7.05 Å². The number of hydrogen-bond donors (Lipinski definition) is 0. The van der Waals surface area contributed by atoms with Gasteiger partial charge in [0.2, 0.25) is 6.67 Å². The molecule has 1 aliphatic rings. The van der Waals surface area contributed by atoms with E-state index in [1.165, 1.54) is 0 Å². The van der Waals surface area contributed by atoms with Crippen molar-refractivity contribution in [1.29, 1.82) is 0 Å². The second-order valence-electron chi connectivity index (χ2n) is 1.62. The molecule has 0 fully saturated rings. The molecule has 1 heterocycles. The maximum absolute atomic E-state index is 4.94. The van der Waals surface area contributed by atoms with Gasteiger partial charge in [0.1, 0.15) is 6.23 Å². The van der Waals surface area contributed by atoms with Crippen molar-refractivity contribution < 1.29 is 4.74 Å². The second kappa shape index (κ2) is 2.24. The maximum atomic E-state index is 4.94. The first-order valence-electron chi connectivity index (χ1n) is 2.39. The van der Waals surface area contributed by atoms with Gasteiger partial charge in [-0.15, -0.1) is 0 Å². The molecule has 0 amide bonds. The summed E-state index contributed by atoms with van der Waals surface area (Å²) in [6.07, 6.45) is 1.69. The van der Waals surface area contributed by atoms with Crippen molar-refractivity contribution in [3.05, 3.63) is 6.67 Å². The summed E-state index contributed by atoms with van der Waals surface area (Å²) < 4.78 is 4.94. The summed E-state index contributed by atoms with van der Waals surface area (Å²) in [5.74, 6) is 0. The lowest BCUT2D eigenvalue weighted by Gasteiger charge is -2.12. The fourth-order valence-corrected chi connectivity index (χ4v) is 0.564. The van der Waals surface area contributed by atoms with E-state index < -0.39 is 0 Å². The molecule has 1 rings (SSSR count). The van der Waals surface area contributed by atoms with Gasteiger partial charge in [-0.1, -0.05) is 0 Å². The lowest BCUT2D eigenvalue weighted by molar-refractivity contribution is 0.0635. The molecule has 0 saturated heterocycles. The van der Waals surface area contributed by atoms with E-state index in [0.29, 0.717) is 0 Å². The van der Waals surface area contributed by atoms with Crippen LogP contribution in [0.2, 0.25) is 0 Å². The molecule has 0 aliphatic carbocycles. The zero-order valence-electron chi connectivity index (χ0n) is 4.96. The molecule has 1 atom stereocenters. The van der Waals surface area contributed by atoms with Crippen LogP contribution in [0.1, 0.15) is 0 Å². The molecule has 2 radical (unpaired) electrons. The van der Waals surface area contributed by atoms with Crippen molar-refractivity contribution in [3.63, 3.8) is 0 Å². The lowest BCUT2D eigenvalue weighted by Crippen LogP contribution is -2.26. The molecule has 1 aliphatic heterocycles. The third-order valence-corrected chi connectivity index (χ3v) is 1.04. The number of aliphatic imine (C=N–C) groups is 1. The monoisotopic (exact) mass is 112 g/mol. The molecule has 0 aromatic carbocycles. The highest BCUT2D eigenvalue weighted by atomic mass is 16.5. The molecule has 8 heavy (non-hydrogen) atoms. The predicted octanol–water partition coefficient (Wildman–Crippen LogP) is -0.0286. The second-order valence-corrected chi connectivity index (χ2v) is 1.62. The third kappa shape index (κ3) is 0.877. The van der Waals surface area contributed by atoms with Crippen molar-refractivity contribution in [1.82, 2.24) is 4.90 Å². The van der Waals surface area contributed by atoms with E-state index >= 15 is 0 Å². The van der Waals surface area contributed by atoms with Crippen LogP contribution >= 0.6 is 0 Å². The first kappa shape index (κ1) is 5.72. The topological polar surface area (TPSA) is 24.8 Å². The van der Waals surface area contributed by atoms with Crippen molar-refractivity contribution in [2.75, 3.05) is 14.2 Å². The maximum Gasteiger partial charge on any atom is 0.200 e. The standard InChI is InChI=1S/C5H8N2O/c1-7-4-6-3-5(7)8-2/h3,5H,1-2H3.